The van der Waals surface area contributed by atoms with Gasteiger partial charge in [-0.2, -0.15) is 0 Å². The first-order valence-corrected chi connectivity index (χ1v) is 7.03. The van der Waals surface area contributed by atoms with Crippen LogP contribution in [0.15, 0.2) is 35.6 Å². The van der Waals surface area contributed by atoms with E-state index in [0.717, 1.165) is 33.2 Å². The zero-order valence-electron chi connectivity index (χ0n) is 12.6. The number of fused-ring (bicyclic) bond motifs is 3. The fourth-order valence-corrected chi connectivity index (χ4v) is 2.84. The Hall–Kier alpha value is -2.76. The van der Waals surface area contributed by atoms with Crippen LogP contribution in [0.2, 0.25) is 0 Å². The molecule has 3 N–H and O–H groups in total. The normalized spacial score (nSPS) is 12.2. The maximum Gasteiger partial charge on any atom is 0.140 e. The maximum absolute atomic E-state index is 8.75. The summed E-state index contributed by atoms with van der Waals surface area (Å²) in [6, 6.07) is 8.01. The van der Waals surface area contributed by atoms with E-state index < -0.39 is 0 Å². The molecule has 0 amide bonds. The summed E-state index contributed by atoms with van der Waals surface area (Å²) in [6.07, 6.45) is 2.27. The van der Waals surface area contributed by atoms with E-state index in [-0.39, 0.29) is 5.84 Å². The third kappa shape index (κ3) is 2.22. The van der Waals surface area contributed by atoms with Crippen LogP contribution >= 0.6 is 0 Å². The number of rotatable bonds is 4. The highest BCUT2D eigenvalue weighted by molar-refractivity contribution is 6.09. The third-order valence-electron chi connectivity index (χ3n) is 3.88. The van der Waals surface area contributed by atoms with E-state index in [0.29, 0.717) is 13.0 Å². The molecule has 0 aliphatic carbocycles. The van der Waals surface area contributed by atoms with Crippen LogP contribution in [-0.4, -0.2) is 27.7 Å². The number of oxime groups is 1. The lowest BCUT2D eigenvalue weighted by Crippen LogP contribution is -2.14. The monoisotopic (exact) mass is 298 g/mol. The van der Waals surface area contributed by atoms with Crippen molar-refractivity contribution in [3.8, 4) is 5.75 Å². The van der Waals surface area contributed by atoms with Crippen molar-refractivity contribution in [2.75, 3.05) is 7.11 Å². The zero-order chi connectivity index (χ0) is 15.7. The molecule has 0 aliphatic heterocycles. The number of ether oxygens (including phenoxy) is 1. The van der Waals surface area contributed by atoms with Crippen molar-refractivity contribution in [3.05, 3.63) is 36.2 Å². The highest BCUT2D eigenvalue weighted by atomic mass is 16.5. The Morgan fingerprint density at radius 3 is 2.91 bits per heavy atom. The first-order valence-electron chi connectivity index (χ1n) is 7.03. The fraction of sp³-hybridized carbons (Fsp3) is 0.250. The minimum absolute atomic E-state index is 0.208. The van der Waals surface area contributed by atoms with Crippen LogP contribution in [0.5, 0.6) is 5.75 Å². The molecule has 0 aliphatic rings. The van der Waals surface area contributed by atoms with E-state index in [9.17, 15) is 0 Å². The van der Waals surface area contributed by atoms with Crippen molar-refractivity contribution in [2.24, 2.45) is 10.9 Å². The van der Waals surface area contributed by atoms with Crippen molar-refractivity contribution in [1.82, 2.24) is 9.55 Å². The molecule has 0 bridgehead atoms. The van der Waals surface area contributed by atoms with Gasteiger partial charge in [0, 0.05) is 36.0 Å². The second-order valence-corrected chi connectivity index (χ2v) is 5.17. The number of hydrogen-bond donors (Lipinski definition) is 2. The van der Waals surface area contributed by atoms with E-state index in [2.05, 4.69) is 20.8 Å². The molecule has 0 saturated carbocycles. The Labute approximate surface area is 127 Å². The lowest BCUT2D eigenvalue weighted by molar-refractivity contribution is 0.316. The second-order valence-electron chi connectivity index (χ2n) is 5.17. The average molecular weight is 298 g/mol. The van der Waals surface area contributed by atoms with Gasteiger partial charge < -0.3 is 20.2 Å². The molecular weight excluding hydrogens is 280 g/mol. The Kier molecular flexibility index (Phi) is 3.58. The predicted molar refractivity (Wildman–Crippen MR) is 86.6 cm³/mol. The van der Waals surface area contributed by atoms with Gasteiger partial charge in [-0.25, -0.2) is 0 Å². The molecular formula is C16H18N4O2. The molecule has 6 heteroatoms. The first-order chi connectivity index (χ1) is 10.7. The molecule has 0 spiro atoms. The van der Waals surface area contributed by atoms with Gasteiger partial charge in [-0.1, -0.05) is 5.16 Å². The standard InChI is InChI=1S/C16H18N4O2/c1-10-16-13(5-7-18-10)12-4-3-11(22-2)9-14(12)20(16)8-6-15(17)19-21/h3-5,7,9,21H,6,8H2,1-2H3,(H2,17,19). The van der Waals surface area contributed by atoms with Crippen LogP contribution in [0, 0.1) is 6.92 Å². The number of nitrogens with two attached hydrogens (primary N) is 1. The molecule has 0 fully saturated rings. The summed E-state index contributed by atoms with van der Waals surface area (Å²) >= 11 is 0. The van der Waals surface area contributed by atoms with Gasteiger partial charge in [-0.3, -0.25) is 4.98 Å². The van der Waals surface area contributed by atoms with Gasteiger partial charge in [0.15, 0.2) is 0 Å². The van der Waals surface area contributed by atoms with E-state index in [1.54, 1.807) is 7.11 Å². The SMILES string of the molecule is COc1ccc2c3ccnc(C)c3n(CCC(N)=NO)c2c1. The number of pyridine rings is 1. The number of methoxy groups -OCH3 is 1. The molecule has 0 unspecified atom stereocenters. The zero-order valence-corrected chi connectivity index (χ0v) is 12.6. The molecule has 6 nitrogen and oxygen atoms in total. The molecule has 2 aromatic heterocycles. The number of aryl methyl sites for hydroxylation is 2. The lowest BCUT2D eigenvalue weighted by atomic mass is 10.1. The molecule has 3 aromatic rings. The van der Waals surface area contributed by atoms with Crippen molar-refractivity contribution >= 4 is 27.6 Å². The van der Waals surface area contributed by atoms with E-state index in [4.69, 9.17) is 15.7 Å². The van der Waals surface area contributed by atoms with Crippen molar-refractivity contribution in [3.63, 3.8) is 0 Å². The van der Waals surface area contributed by atoms with E-state index in [1.165, 1.54) is 0 Å². The van der Waals surface area contributed by atoms with Gasteiger partial charge in [-0.05, 0) is 25.1 Å². The van der Waals surface area contributed by atoms with Gasteiger partial charge in [0.1, 0.15) is 11.6 Å². The van der Waals surface area contributed by atoms with Crippen molar-refractivity contribution in [2.45, 2.75) is 19.9 Å². The van der Waals surface area contributed by atoms with Crippen LogP contribution in [0.1, 0.15) is 12.1 Å². The molecule has 114 valence electrons. The molecule has 0 atom stereocenters. The smallest absolute Gasteiger partial charge is 0.140 e. The second kappa shape index (κ2) is 5.55. The molecule has 3 rings (SSSR count). The molecule has 1 aromatic carbocycles. The predicted octanol–water partition coefficient (Wildman–Crippen LogP) is 2.64. The van der Waals surface area contributed by atoms with E-state index >= 15 is 0 Å². The van der Waals surface area contributed by atoms with Crippen LogP contribution in [-0.2, 0) is 6.54 Å². The summed E-state index contributed by atoms with van der Waals surface area (Å²) in [4.78, 5) is 4.39. The summed E-state index contributed by atoms with van der Waals surface area (Å²) in [6.45, 7) is 2.59. The summed E-state index contributed by atoms with van der Waals surface area (Å²) in [5, 5.41) is 14.1. The number of amidine groups is 1. The van der Waals surface area contributed by atoms with E-state index in [1.807, 2.05) is 31.3 Å². The Morgan fingerprint density at radius 2 is 2.18 bits per heavy atom. The first kappa shape index (κ1) is 14.2. The largest absolute Gasteiger partial charge is 0.497 e. The molecule has 2 heterocycles. The number of aromatic nitrogens is 2. The minimum Gasteiger partial charge on any atom is -0.497 e. The van der Waals surface area contributed by atoms with Gasteiger partial charge in [0.2, 0.25) is 0 Å². The average Bonchev–Trinajstić information content (AvgIpc) is 2.87. The molecule has 0 saturated heterocycles. The van der Waals surface area contributed by atoms with Crippen LogP contribution in [0.3, 0.4) is 0 Å². The topological polar surface area (TPSA) is 85.7 Å². The summed E-state index contributed by atoms with van der Waals surface area (Å²) < 4.78 is 7.48. The van der Waals surface area contributed by atoms with Crippen molar-refractivity contribution < 1.29 is 9.94 Å². The Balaban J connectivity index is 2.27. The minimum atomic E-state index is 0.208. The van der Waals surface area contributed by atoms with Crippen molar-refractivity contribution in [1.29, 1.82) is 0 Å². The Morgan fingerprint density at radius 1 is 1.36 bits per heavy atom. The van der Waals surface area contributed by atoms with Gasteiger partial charge in [0.05, 0.1) is 23.8 Å². The Bertz CT molecular complexity index is 867. The number of benzene rings is 1. The fourth-order valence-electron chi connectivity index (χ4n) is 2.84. The van der Waals surface area contributed by atoms with Crippen LogP contribution in [0.4, 0.5) is 0 Å². The quantitative estimate of drug-likeness (QED) is 0.335. The maximum atomic E-state index is 8.75. The highest BCUT2D eigenvalue weighted by Gasteiger charge is 2.14. The molecule has 0 radical (unpaired) electrons. The highest BCUT2D eigenvalue weighted by Crippen LogP contribution is 2.32. The van der Waals surface area contributed by atoms with Gasteiger partial charge in [0.25, 0.3) is 0 Å². The lowest BCUT2D eigenvalue weighted by Gasteiger charge is -2.08. The molecule has 22 heavy (non-hydrogen) atoms. The number of hydrogen-bond acceptors (Lipinski definition) is 4. The summed E-state index contributed by atoms with van der Waals surface area (Å²) in [5.41, 5.74) is 8.69. The van der Waals surface area contributed by atoms with Crippen LogP contribution < -0.4 is 10.5 Å². The van der Waals surface area contributed by atoms with Crippen LogP contribution in [0.25, 0.3) is 21.8 Å². The number of nitrogens with zero attached hydrogens (tertiary/aromatic N) is 3. The van der Waals surface area contributed by atoms with Gasteiger partial charge in [-0.15, -0.1) is 0 Å². The summed E-state index contributed by atoms with van der Waals surface area (Å²) in [5.74, 6) is 1.01. The van der Waals surface area contributed by atoms with Gasteiger partial charge >= 0.3 is 0 Å². The third-order valence-corrected chi connectivity index (χ3v) is 3.88. The summed E-state index contributed by atoms with van der Waals surface area (Å²) in [7, 11) is 1.65.